The van der Waals surface area contributed by atoms with Crippen molar-refractivity contribution in [3.8, 4) is 39.4 Å². The summed E-state index contributed by atoms with van der Waals surface area (Å²) >= 11 is 0. The topological polar surface area (TPSA) is 167 Å². The van der Waals surface area contributed by atoms with Crippen LogP contribution in [0.25, 0.3) is 38.6 Å². The Kier molecular flexibility index (Phi) is 13.5. The predicted molar refractivity (Wildman–Crippen MR) is 232 cm³/mol. The van der Waals surface area contributed by atoms with E-state index < -0.39 is 12.1 Å². The molecule has 0 radical (unpaired) electrons. The predicted octanol–water partition coefficient (Wildman–Crippen LogP) is 7.98. The van der Waals surface area contributed by atoms with Gasteiger partial charge in [-0.3, -0.25) is 9.59 Å². The largest absolute Gasteiger partial charge is 0.421 e. The zero-order chi connectivity index (χ0) is 42.9. The Morgan fingerprint density at radius 1 is 0.787 bits per heavy atom. The van der Waals surface area contributed by atoms with Gasteiger partial charge in [0.1, 0.15) is 34.6 Å². The number of nitrogens with zero attached hydrogens (tertiary/aromatic N) is 7. The number of aliphatic imine (C=N–C) groups is 1. The number of hydrogen-bond acceptors (Lipinski definition) is 9. The van der Waals surface area contributed by atoms with Crippen LogP contribution in [0, 0.1) is 18.4 Å². The van der Waals surface area contributed by atoms with Crippen LogP contribution >= 0.6 is 0 Å². The summed E-state index contributed by atoms with van der Waals surface area (Å²) in [7, 11) is 1.39. The first-order valence-electron chi connectivity index (χ1n) is 20.7. The second kappa shape index (κ2) is 19.5. The number of aromatic nitrogens is 4. The average Bonchev–Trinajstić information content (AvgIpc) is 4.12. The lowest BCUT2D eigenvalue weighted by molar-refractivity contribution is -0.188. The summed E-state index contributed by atoms with van der Waals surface area (Å²) in [4.78, 5) is 64.7. The number of hydrogen-bond donors (Lipinski definition) is 3. The molecule has 2 saturated heterocycles. The van der Waals surface area contributed by atoms with Gasteiger partial charge < -0.3 is 34.7 Å². The van der Waals surface area contributed by atoms with E-state index in [4.69, 9.17) is 26.2 Å². The number of imidazole rings is 2. The fraction of sp³-hybridized carbons (Fsp3) is 0.370. The molecule has 2 aliphatic heterocycles. The van der Waals surface area contributed by atoms with Gasteiger partial charge in [0, 0.05) is 13.1 Å². The monoisotopic (exact) mass is 824 g/mol. The quantitative estimate of drug-likeness (QED) is 0.0333. The van der Waals surface area contributed by atoms with Crippen molar-refractivity contribution in [2.75, 3.05) is 20.2 Å². The summed E-state index contributed by atoms with van der Waals surface area (Å²) in [6.07, 6.45) is 8.16. The van der Waals surface area contributed by atoms with Crippen LogP contribution in [0.2, 0.25) is 0 Å². The Morgan fingerprint density at radius 3 is 1.80 bits per heavy atom. The molecule has 4 atom stereocenters. The number of para-hydroxylation sites is 1. The number of rotatable bonds is 14. The van der Waals surface area contributed by atoms with Crippen molar-refractivity contribution in [2.24, 2.45) is 21.9 Å². The Morgan fingerprint density at radius 2 is 1.31 bits per heavy atom. The summed E-state index contributed by atoms with van der Waals surface area (Å²) in [5.74, 6) is 1.73. The van der Waals surface area contributed by atoms with Gasteiger partial charge in [-0.25, -0.2) is 15.0 Å². The Hall–Kier alpha value is -6.79. The molecule has 0 spiro atoms. The molecule has 316 valence electrons. The highest BCUT2D eigenvalue weighted by atomic mass is 17.2. The third-order valence-corrected chi connectivity index (χ3v) is 11.2. The number of aromatic amines is 2. The van der Waals surface area contributed by atoms with Gasteiger partial charge in [-0.05, 0) is 71.9 Å². The molecule has 5 aromatic rings. The number of likely N-dealkylation sites (tertiary alicyclic amines) is 2. The number of amides is 2. The molecule has 0 saturated carbocycles. The standard InChI is InChI=1S/C46H52N10O5/c1-29(2)40(50-28-60-59-6)44(57)55-24-10-14-38(55)42-48-26-36(51-42)33-20-16-31(17-21-33)32-18-22-34(23-19-32)37-27-49-43(52-37)39-15-11-25-56(39)45(58)41(30(3)4)53-46(54-47-5)61-35-12-8-7-9-13-35/h7-9,12-13,16-23,26-30,38-41H,10-11,14-15,24-25H2,1-4,6H3,(H,48,51)(H,49,52)(H,53,54)/b50-28+/t38-,39-,40-,41-/m0/s1. The molecule has 2 aliphatic rings. The minimum atomic E-state index is -0.662. The van der Waals surface area contributed by atoms with E-state index in [1.165, 1.54) is 13.5 Å². The van der Waals surface area contributed by atoms with E-state index in [0.29, 0.717) is 18.8 Å². The van der Waals surface area contributed by atoms with Crippen LogP contribution < -0.4 is 10.1 Å². The number of amidine groups is 1. The van der Waals surface area contributed by atoms with Gasteiger partial charge >= 0.3 is 6.02 Å². The first-order valence-corrected chi connectivity index (χ1v) is 20.7. The van der Waals surface area contributed by atoms with E-state index >= 15 is 0 Å². The van der Waals surface area contributed by atoms with Crippen LogP contribution in [0.15, 0.2) is 101 Å². The maximum atomic E-state index is 14.1. The van der Waals surface area contributed by atoms with Gasteiger partial charge in [0.25, 0.3) is 0 Å². The van der Waals surface area contributed by atoms with Gasteiger partial charge in [0.05, 0.1) is 43.0 Å². The molecule has 15 nitrogen and oxygen atoms in total. The van der Waals surface area contributed by atoms with Crippen molar-refractivity contribution in [3.05, 3.63) is 114 Å². The lowest BCUT2D eigenvalue weighted by Gasteiger charge is -2.30. The van der Waals surface area contributed by atoms with Crippen molar-refractivity contribution >= 4 is 24.2 Å². The average molecular weight is 825 g/mol. The van der Waals surface area contributed by atoms with Gasteiger partial charge in [0.2, 0.25) is 18.2 Å². The number of ether oxygens (including phenoxy) is 1. The zero-order valence-corrected chi connectivity index (χ0v) is 35.1. The summed E-state index contributed by atoms with van der Waals surface area (Å²) in [5, 5.41) is 6.91. The fourth-order valence-corrected chi connectivity index (χ4v) is 7.99. The molecule has 4 heterocycles. The minimum absolute atomic E-state index is 0.0137. The molecule has 0 bridgehead atoms. The van der Waals surface area contributed by atoms with Crippen LogP contribution in [0.5, 0.6) is 5.75 Å². The summed E-state index contributed by atoms with van der Waals surface area (Å²) in [5.41, 5.74) is 5.85. The maximum absolute atomic E-state index is 14.1. The summed E-state index contributed by atoms with van der Waals surface area (Å²) in [6.45, 7) is 16.4. The van der Waals surface area contributed by atoms with Crippen LogP contribution in [0.1, 0.15) is 77.1 Å². The summed E-state index contributed by atoms with van der Waals surface area (Å²) in [6, 6.07) is 24.1. The highest BCUT2D eigenvalue weighted by Crippen LogP contribution is 2.35. The number of nitrogens with one attached hydrogen (secondary N) is 3. The van der Waals surface area contributed by atoms with Gasteiger partial charge in [-0.1, -0.05) is 94.4 Å². The molecule has 3 N–H and O–H groups in total. The highest BCUT2D eigenvalue weighted by Gasteiger charge is 2.38. The van der Waals surface area contributed by atoms with Crippen molar-refractivity contribution in [3.63, 3.8) is 0 Å². The molecule has 2 amide bonds. The smallest absolute Gasteiger partial charge is 0.374 e. The number of benzene rings is 3. The van der Waals surface area contributed by atoms with Crippen molar-refractivity contribution in [2.45, 2.75) is 77.5 Å². The minimum Gasteiger partial charge on any atom is -0.421 e. The first-order chi connectivity index (χ1) is 29.6. The highest BCUT2D eigenvalue weighted by molar-refractivity contribution is 5.88. The lowest BCUT2D eigenvalue weighted by Crippen LogP contribution is -2.52. The number of carbonyl (C=O) groups is 2. The van der Waals surface area contributed by atoms with E-state index in [-0.39, 0.29) is 41.8 Å². The lowest BCUT2D eigenvalue weighted by atomic mass is 10.0. The van der Waals surface area contributed by atoms with Crippen LogP contribution in [0.3, 0.4) is 0 Å². The van der Waals surface area contributed by atoms with Crippen LogP contribution in [-0.4, -0.2) is 86.3 Å². The van der Waals surface area contributed by atoms with E-state index in [1.807, 2.05) is 68.1 Å². The Bertz CT molecular complexity index is 2350. The molecular weight excluding hydrogens is 773 g/mol. The van der Waals surface area contributed by atoms with Crippen molar-refractivity contribution in [1.82, 2.24) is 35.1 Å². The molecule has 3 aromatic carbocycles. The van der Waals surface area contributed by atoms with Crippen LogP contribution in [-0.2, 0) is 19.4 Å². The third kappa shape index (κ3) is 9.82. The van der Waals surface area contributed by atoms with E-state index in [0.717, 1.165) is 71.0 Å². The van der Waals surface area contributed by atoms with E-state index in [1.54, 1.807) is 12.1 Å². The van der Waals surface area contributed by atoms with Crippen LogP contribution in [0.4, 0.5) is 0 Å². The molecule has 0 aliphatic carbocycles. The Labute approximate surface area is 356 Å². The van der Waals surface area contributed by atoms with Crippen molar-refractivity contribution in [1.29, 1.82) is 0 Å². The zero-order valence-electron chi connectivity index (χ0n) is 35.1. The third-order valence-electron chi connectivity index (χ3n) is 11.2. The number of carbonyl (C=O) groups excluding carboxylic acids is 2. The molecule has 7 rings (SSSR count). The first kappa shape index (κ1) is 42.3. The molecular formula is C46H52N10O5. The Balaban J connectivity index is 0.991. The molecule has 2 fully saturated rings. The molecule has 2 aromatic heterocycles. The maximum Gasteiger partial charge on any atom is 0.374 e. The van der Waals surface area contributed by atoms with E-state index in [2.05, 4.69) is 83.8 Å². The second-order valence-electron chi connectivity index (χ2n) is 15.9. The normalized spacial score (nSPS) is 17.8. The molecule has 0 unspecified atom stereocenters. The van der Waals surface area contributed by atoms with Gasteiger partial charge in [-0.2, -0.15) is 11.5 Å². The second-order valence-corrected chi connectivity index (χ2v) is 15.9. The summed E-state index contributed by atoms with van der Waals surface area (Å²) < 4.78 is 5.83. The van der Waals surface area contributed by atoms with Gasteiger partial charge in [0.15, 0.2) is 0 Å². The number of H-pyrrole nitrogens is 2. The van der Waals surface area contributed by atoms with Crippen molar-refractivity contribution < 1.29 is 24.1 Å². The fourth-order valence-electron chi connectivity index (χ4n) is 7.99. The van der Waals surface area contributed by atoms with Gasteiger partial charge in [-0.15, -0.1) is 4.95 Å². The van der Waals surface area contributed by atoms with E-state index in [9.17, 15) is 9.59 Å². The SMILES string of the molecule is [C-]#[N+]N=C(N[C@H](C(=O)N1CCC[C@H]1c1ncc(-c2ccc(-c3ccc(-c4cnc([C@@H]5CCCN5C(=O)[C@@H](/N=C/OOC)C(C)C)[nH]4)cc3)cc2)[nH]1)C(C)C)Oc1ccccc1. The molecule has 61 heavy (non-hydrogen) atoms. The molecule has 15 heteroatoms.